The SMILES string of the molecule is COc1c(C(=O)NC(=S)Nc2cccc(-c3nn4c(C)nnc4s3)c2C)cc2ccccc2c1Br. The van der Waals surface area contributed by atoms with Crippen LogP contribution in [0.15, 0.2) is 53.0 Å². The van der Waals surface area contributed by atoms with Crippen LogP contribution in [0.25, 0.3) is 26.3 Å². The Morgan fingerprint density at radius 3 is 2.71 bits per heavy atom. The average molecular weight is 567 g/mol. The molecule has 0 aliphatic heterocycles. The number of halogens is 1. The predicted octanol–water partition coefficient (Wildman–Crippen LogP) is 5.52. The largest absolute Gasteiger partial charge is 0.495 e. The van der Waals surface area contributed by atoms with Crippen molar-refractivity contribution >= 4 is 71.9 Å². The topological polar surface area (TPSA) is 93.4 Å². The first-order valence-corrected chi connectivity index (χ1v) is 12.6. The molecular formula is C24H19BrN6O2S2. The second-order valence-electron chi connectivity index (χ2n) is 7.73. The number of anilines is 1. The number of thiocarbonyl (C=S) groups is 1. The van der Waals surface area contributed by atoms with Gasteiger partial charge in [-0.2, -0.15) is 9.61 Å². The molecule has 0 saturated carbocycles. The number of hydrogen-bond acceptors (Lipinski definition) is 7. The summed E-state index contributed by atoms with van der Waals surface area (Å²) in [7, 11) is 1.53. The van der Waals surface area contributed by atoms with Gasteiger partial charge in [-0.15, -0.1) is 10.2 Å². The molecule has 0 saturated heterocycles. The zero-order chi connectivity index (χ0) is 24.7. The summed E-state index contributed by atoms with van der Waals surface area (Å²) in [6.45, 7) is 3.83. The van der Waals surface area contributed by atoms with E-state index in [1.807, 2.05) is 56.3 Å². The van der Waals surface area contributed by atoms with Gasteiger partial charge in [0.15, 0.2) is 10.9 Å². The Balaban J connectivity index is 1.39. The number of methoxy groups -OCH3 is 1. The number of nitrogens with zero attached hydrogens (tertiary/aromatic N) is 4. The summed E-state index contributed by atoms with van der Waals surface area (Å²) in [5, 5.41) is 21.6. The lowest BCUT2D eigenvalue weighted by Gasteiger charge is -2.16. The van der Waals surface area contributed by atoms with Crippen molar-refractivity contribution in [3.63, 3.8) is 0 Å². The molecule has 2 N–H and O–H groups in total. The van der Waals surface area contributed by atoms with Crippen LogP contribution in [0, 0.1) is 13.8 Å². The molecule has 5 rings (SSSR count). The highest BCUT2D eigenvalue weighted by Gasteiger charge is 2.20. The molecule has 35 heavy (non-hydrogen) atoms. The highest BCUT2D eigenvalue weighted by Crippen LogP contribution is 2.36. The van der Waals surface area contributed by atoms with Crippen LogP contribution in [0.1, 0.15) is 21.7 Å². The molecule has 0 unspecified atom stereocenters. The molecule has 0 spiro atoms. The van der Waals surface area contributed by atoms with Crippen molar-refractivity contribution < 1.29 is 9.53 Å². The predicted molar refractivity (Wildman–Crippen MR) is 145 cm³/mol. The van der Waals surface area contributed by atoms with Crippen LogP contribution in [-0.4, -0.2) is 37.9 Å². The zero-order valence-electron chi connectivity index (χ0n) is 18.9. The molecule has 3 aromatic carbocycles. The monoisotopic (exact) mass is 566 g/mol. The van der Waals surface area contributed by atoms with E-state index in [0.29, 0.717) is 15.8 Å². The van der Waals surface area contributed by atoms with Crippen molar-refractivity contribution in [2.24, 2.45) is 0 Å². The number of aromatic nitrogens is 4. The standard InChI is InChI=1S/C24H19BrN6O2S2/c1-12-15(22-30-31-13(2)28-29-24(31)35-22)9-6-10-18(12)26-23(34)27-21(32)17-11-14-7-4-5-8-16(14)19(25)20(17)33-3/h4-11H,1-3H3,(H2,26,27,32,34). The summed E-state index contributed by atoms with van der Waals surface area (Å²) in [4.78, 5) is 13.9. The van der Waals surface area contributed by atoms with E-state index in [-0.39, 0.29) is 11.0 Å². The zero-order valence-corrected chi connectivity index (χ0v) is 22.1. The van der Waals surface area contributed by atoms with Gasteiger partial charge < -0.3 is 10.1 Å². The molecular weight excluding hydrogens is 548 g/mol. The number of fused-ring (bicyclic) bond motifs is 2. The molecule has 0 bridgehead atoms. The van der Waals surface area contributed by atoms with Gasteiger partial charge in [0.25, 0.3) is 5.91 Å². The number of ether oxygens (including phenoxy) is 1. The van der Waals surface area contributed by atoms with Gasteiger partial charge in [-0.3, -0.25) is 10.1 Å². The molecule has 8 nitrogen and oxygen atoms in total. The summed E-state index contributed by atoms with van der Waals surface area (Å²) in [5.41, 5.74) is 3.03. The van der Waals surface area contributed by atoms with E-state index >= 15 is 0 Å². The maximum Gasteiger partial charge on any atom is 0.261 e. The first-order chi connectivity index (χ1) is 16.9. The van der Waals surface area contributed by atoms with Crippen molar-refractivity contribution in [1.82, 2.24) is 25.1 Å². The molecule has 11 heteroatoms. The summed E-state index contributed by atoms with van der Waals surface area (Å²) < 4.78 is 7.96. The summed E-state index contributed by atoms with van der Waals surface area (Å²) in [6.07, 6.45) is 0. The minimum Gasteiger partial charge on any atom is -0.495 e. The van der Waals surface area contributed by atoms with Gasteiger partial charge in [-0.05, 0) is 70.5 Å². The van der Waals surface area contributed by atoms with Gasteiger partial charge in [0.2, 0.25) is 4.96 Å². The highest BCUT2D eigenvalue weighted by molar-refractivity contribution is 9.10. The Bertz CT molecular complexity index is 1630. The number of hydrogen-bond donors (Lipinski definition) is 2. The summed E-state index contributed by atoms with van der Waals surface area (Å²) >= 11 is 10.5. The number of carbonyl (C=O) groups is 1. The van der Waals surface area contributed by atoms with Crippen molar-refractivity contribution in [3.8, 4) is 16.3 Å². The minimum atomic E-state index is -0.372. The van der Waals surface area contributed by atoms with Crippen LogP contribution < -0.4 is 15.4 Å². The third-order valence-electron chi connectivity index (χ3n) is 5.58. The molecule has 0 atom stereocenters. The van der Waals surface area contributed by atoms with Crippen LogP contribution in [0.5, 0.6) is 5.75 Å². The van der Waals surface area contributed by atoms with E-state index in [1.165, 1.54) is 18.4 Å². The third kappa shape index (κ3) is 4.26. The maximum absolute atomic E-state index is 13.1. The number of nitrogens with one attached hydrogen (secondary N) is 2. The fourth-order valence-corrected chi connectivity index (χ4v) is 5.71. The lowest BCUT2D eigenvalue weighted by Crippen LogP contribution is -2.34. The normalized spacial score (nSPS) is 11.1. The van der Waals surface area contributed by atoms with Gasteiger partial charge in [0.1, 0.15) is 10.8 Å². The smallest absolute Gasteiger partial charge is 0.261 e. The third-order valence-corrected chi connectivity index (χ3v) is 7.50. The molecule has 2 heterocycles. The van der Waals surface area contributed by atoms with Crippen molar-refractivity contribution in [2.45, 2.75) is 13.8 Å². The van der Waals surface area contributed by atoms with Gasteiger partial charge in [0.05, 0.1) is 17.1 Å². The molecule has 1 amide bonds. The minimum absolute atomic E-state index is 0.176. The van der Waals surface area contributed by atoms with Crippen molar-refractivity contribution in [2.75, 3.05) is 12.4 Å². The van der Waals surface area contributed by atoms with Gasteiger partial charge >= 0.3 is 0 Å². The fourth-order valence-electron chi connectivity index (χ4n) is 3.80. The fraction of sp³-hybridized carbons (Fsp3) is 0.125. The molecule has 0 aliphatic rings. The van der Waals surface area contributed by atoms with Crippen LogP contribution in [0.2, 0.25) is 0 Å². The quantitative estimate of drug-likeness (QED) is 0.276. The van der Waals surface area contributed by atoms with E-state index < -0.39 is 0 Å². The number of carbonyl (C=O) groups excluding carboxylic acids is 1. The van der Waals surface area contributed by atoms with Crippen molar-refractivity contribution in [3.05, 3.63) is 70.0 Å². The van der Waals surface area contributed by atoms with Gasteiger partial charge in [-0.1, -0.05) is 47.7 Å². The lowest BCUT2D eigenvalue weighted by atomic mass is 10.1. The molecule has 5 aromatic rings. The Kier molecular flexibility index (Phi) is 6.22. The number of aryl methyl sites for hydroxylation is 1. The maximum atomic E-state index is 13.1. The molecule has 0 fully saturated rings. The first kappa shape index (κ1) is 23.3. The van der Waals surface area contributed by atoms with E-state index in [4.69, 9.17) is 17.0 Å². The average Bonchev–Trinajstić information content (AvgIpc) is 3.42. The van der Waals surface area contributed by atoms with E-state index in [2.05, 4.69) is 41.9 Å². The van der Waals surface area contributed by atoms with Gasteiger partial charge in [-0.25, -0.2) is 0 Å². The van der Waals surface area contributed by atoms with E-state index in [1.54, 1.807) is 10.6 Å². The summed E-state index contributed by atoms with van der Waals surface area (Å²) in [5.74, 6) is 0.804. The summed E-state index contributed by atoms with van der Waals surface area (Å²) in [6, 6.07) is 15.3. The van der Waals surface area contributed by atoms with Crippen LogP contribution in [-0.2, 0) is 0 Å². The van der Waals surface area contributed by atoms with Crippen molar-refractivity contribution in [1.29, 1.82) is 0 Å². The highest BCUT2D eigenvalue weighted by atomic mass is 79.9. The van der Waals surface area contributed by atoms with Gasteiger partial charge in [0, 0.05) is 11.3 Å². The molecule has 2 aromatic heterocycles. The Hall–Kier alpha value is -3.41. The lowest BCUT2D eigenvalue weighted by molar-refractivity contribution is 0.0975. The van der Waals surface area contributed by atoms with Crippen LogP contribution >= 0.6 is 39.5 Å². The molecule has 0 radical (unpaired) electrons. The van der Waals surface area contributed by atoms with E-state index in [9.17, 15) is 4.79 Å². The first-order valence-electron chi connectivity index (χ1n) is 10.5. The number of amides is 1. The van der Waals surface area contributed by atoms with Crippen LogP contribution in [0.3, 0.4) is 0 Å². The number of rotatable bonds is 4. The second kappa shape index (κ2) is 9.33. The van der Waals surface area contributed by atoms with Crippen LogP contribution in [0.4, 0.5) is 5.69 Å². The second-order valence-corrected chi connectivity index (χ2v) is 9.88. The molecule has 176 valence electrons. The Morgan fingerprint density at radius 1 is 1.14 bits per heavy atom. The Labute approximate surface area is 218 Å². The number of benzene rings is 3. The van der Waals surface area contributed by atoms with E-state index in [0.717, 1.165) is 43.4 Å². The Morgan fingerprint density at radius 2 is 1.94 bits per heavy atom. The molecule has 0 aliphatic carbocycles.